The summed E-state index contributed by atoms with van der Waals surface area (Å²) < 4.78 is 95.5. The molecule has 3 unspecified atom stereocenters. The molecule has 34 heteroatoms. The molecule has 0 bridgehead atoms. The average Bonchev–Trinajstić information content (AvgIpc) is 4.19. The standard InChI is InChI=1S/C40H53FN12O17P2S2/c1-23-32-24(67-38(23)52-21-47-30-34(42)43-19-45-36(30)52)17-65-72(59,74)70-33-25(18-66-71(58,73)69-32)68-39(29(33)41)53-22-48-31-35(44-20-46-37(31)53)49-40(57)64-10-6-50(2)26(54)5-8-60-11-13-62-15-16-63-14-12-61-9-7-51-27(55)3-4-28(51)56/h3-4,19-25,29,32-33,38-39H,5-18H2,1-2H3,(H,58,73)(H,59,74)(H2,42,43,45)(H,44,46,49,57)/t23-,24?,25-,29-,32+,33-,38-,39-,71?,72?/m1/s1. The van der Waals surface area contributed by atoms with E-state index in [4.69, 9.17) is 68.8 Å². The number of imide groups is 1. The number of nitrogens with one attached hydrogen (secondary N) is 1. The number of amides is 4. The number of halogens is 1. The summed E-state index contributed by atoms with van der Waals surface area (Å²) in [4.78, 5) is 87.3. The highest BCUT2D eigenvalue weighted by atomic mass is 32.7. The van der Waals surface area contributed by atoms with Crippen molar-refractivity contribution < 1.29 is 84.3 Å². The number of nitrogen functional groups attached to an aromatic ring is 1. The Hall–Kier alpha value is -4.76. The molecule has 3 saturated heterocycles. The molecular weight excluding hydrogens is 1070 g/mol. The molecule has 8 rings (SSSR count). The van der Waals surface area contributed by atoms with E-state index in [1.165, 1.54) is 40.6 Å². The summed E-state index contributed by atoms with van der Waals surface area (Å²) in [5.41, 5.74) is 6.68. The molecule has 0 spiro atoms. The number of rotatable bonds is 21. The summed E-state index contributed by atoms with van der Waals surface area (Å²) in [6.45, 7) is -5.68. The number of carbonyl (C=O) groups excluding carboxylic acids is 4. The smallest absolute Gasteiger partial charge is 0.412 e. The number of likely N-dealkylation sites (N-methyl/N-ethyl adjacent to an activating group) is 1. The molecule has 4 aromatic heterocycles. The predicted molar refractivity (Wildman–Crippen MR) is 258 cm³/mol. The first-order chi connectivity index (χ1) is 35.5. The van der Waals surface area contributed by atoms with Crippen molar-refractivity contribution in [1.82, 2.24) is 48.8 Å². The zero-order valence-corrected chi connectivity index (χ0v) is 43.1. The number of carbonyl (C=O) groups is 4. The van der Waals surface area contributed by atoms with Gasteiger partial charge in [0, 0.05) is 25.1 Å². The van der Waals surface area contributed by atoms with Gasteiger partial charge in [-0.1, -0.05) is 19.2 Å². The number of hydrogen-bond donors (Lipinski definition) is 4. The first-order valence-electron chi connectivity index (χ1n) is 22.9. The van der Waals surface area contributed by atoms with Crippen LogP contribution in [-0.2, 0) is 82.0 Å². The zero-order chi connectivity index (χ0) is 52.6. The van der Waals surface area contributed by atoms with E-state index < -0.39 is 81.8 Å². The lowest BCUT2D eigenvalue weighted by atomic mass is 10.0. The largest absolute Gasteiger partial charge is 0.447 e. The molecule has 4 aromatic rings. The van der Waals surface area contributed by atoms with Crippen LogP contribution in [0.25, 0.3) is 22.3 Å². The molecule has 74 heavy (non-hydrogen) atoms. The van der Waals surface area contributed by atoms with E-state index in [2.05, 4.69) is 47.5 Å². The van der Waals surface area contributed by atoms with E-state index >= 15 is 4.39 Å². The fourth-order valence-corrected chi connectivity index (χ4v) is 11.0. The normalized spacial score (nSPS) is 28.3. The molecule has 3 fully saturated rings. The van der Waals surface area contributed by atoms with Gasteiger partial charge in [0.2, 0.25) is 5.91 Å². The SMILES string of the molecule is C[C@@H]1[C@@H]2OP(O)(=S)OC[C@H]3O[C@@H](n4cnc5c(NC(=O)OCCN(C)C(=O)CCOCCOCCOCCOCCN6C(=O)C=CC6=O)ncnc54)[C@H](F)[C@@H]3OP(=O)(S)OCC2O[C@H]1n1cnc2c(N)ncnc21. The maximum Gasteiger partial charge on any atom is 0.412 e. The quantitative estimate of drug-likeness (QED) is 0.0397. The first-order valence-corrected chi connectivity index (χ1v) is 28.2. The van der Waals surface area contributed by atoms with Crippen LogP contribution in [0.4, 0.5) is 20.8 Å². The first kappa shape index (κ1) is 55.5. The lowest BCUT2D eigenvalue weighted by molar-refractivity contribution is -0.137. The Balaban J connectivity index is 0.756. The van der Waals surface area contributed by atoms with E-state index in [0.717, 1.165) is 11.2 Å². The number of imidazole rings is 2. The number of nitrogens with two attached hydrogens (primary N) is 1. The van der Waals surface area contributed by atoms with Gasteiger partial charge in [-0.15, -0.1) is 0 Å². The van der Waals surface area contributed by atoms with Crippen molar-refractivity contribution in [3.05, 3.63) is 37.5 Å². The monoisotopic (exact) mass is 1120 g/mol. The highest BCUT2D eigenvalue weighted by molar-refractivity contribution is 8.44. The van der Waals surface area contributed by atoms with E-state index in [9.17, 15) is 28.6 Å². The minimum absolute atomic E-state index is 0.00507. The summed E-state index contributed by atoms with van der Waals surface area (Å²) in [6, 6.07) is 0. The highest BCUT2D eigenvalue weighted by Crippen LogP contribution is 2.59. The Morgan fingerprint density at radius 3 is 2.12 bits per heavy atom. The van der Waals surface area contributed by atoms with Crippen LogP contribution in [0, 0.1) is 5.92 Å². The van der Waals surface area contributed by atoms with Crippen LogP contribution < -0.4 is 11.1 Å². The number of aromatic nitrogens is 8. The Morgan fingerprint density at radius 2 is 1.42 bits per heavy atom. The van der Waals surface area contributed by atoms with Crippen molar-refractivity contribution >= 4 is 95.3 Å². The molecule has 4 aliphatic rings. The van der Waals surface area contributed by atoms with E-state index in [1.54, 1.807) is 18.5 Å². The molecule has 0 aromatic carbocycles. The Bertz CT molecular complexity index is 2770. The number of nitrogens with zero attached hydrogens (tertiary/aromatic N) is 10. The van der Waals surface area contributed by atoms with Crippen LogP contribution in [0.1, 0.15) is 25.8 Å². The molecule has 0 aliphatic carbocycles. The van der Waals surface area contributed by atoms with Gasteiger partial charge in [-0.3, -0.25) is 42.8 Å². The number of hydrogen-bond acceptors (Lipinski definition) is 24. The van der Waals surface area contributed by atoms with Crippen molar-refractivity contribution in [2.45, 2.75) is 56.4 Å². The lowest BCUT2D eigenvalue weighted by Gasteiger charge is -2.29. The van der Waals surface area contributed by atoms with Crippen molar-refractivity contribution in [2.24, 2.45) is 5.92 Å². The van der Waals surface area contributed by atoms with E-state index in [-0.39, 0.29) is 93.1 Å². The van der Waals surface area contributed by atoms with Gasteiger partial charge in [0.1, 0.15) is 55.4 Å². The van der Waals surface area contributed by atoms with Crippen molar-refractivity contribution in [3.8, 4) is 0 Å². The van der Waals surface area contributed by atoms with Crippen LogP contribution in [0.2, 0.25) is 0 Å². The highest BCUT2D eigenvalue weighted by Gasteiger charge is 2.53. The molecule has 4 aliphatic heterocycles. The van der Waals surface area contributed by atoms with Gasteiger partial charge in [-0.2, -0.15) is 0 Å². The van der Waals surface area contributed by atoms with Crippen molar-refractivity contribution in [1.29, 1.82) is 0 Å². The maximum atomic E-state index is 16.6. The third-order valence-electron chi connectivity index (χ3n) is 11.8. The number of ether oxygens (including phenoxy) is 7. The van der Waals surface area contributed by atoms with E-state index in [0.29, 0.717) is 37.6 Å². The van der Waals surface area contributed by atoms with Crippen LogP contribution in [0.5, 0.6) is 0 Å². The van der Waals surface area contributed by atoms with Gasteiger partial charge >= 0.3 is 19.6 Å². The van der Waals surface area contributed by atoms with Gasteiger partial charge in [0.25, 0.3) is 11.8 Å². The second-order valence-corrected chi connectivity index (χ2v) is 22.3. The molecule has 0 radical (unpaired) electrons. The molecule has 29 nitrogen and oxygen atoms in total. The third-order valence-corrected chi connectivity index (χ3v) is 14.9. The molecular formula is C40H53FN12O17P2S2. The number of fused-ring (bicyclic) bond motifs is 4. The van der Waals surface area contributed by atoms with Crippen LogP contribution >= 0.6 is 25.8 Å². The second kappa shape index (κ2) is 24.9. The summed E-state index contributed by atoms with van der Waals surface area (Å²) >= 11 is 9.53. The molecule has 4 N–H and O–H groups in total. The van der Waals surface area contributed by atoms with Gasteiger partial charge in [0.05, 0.1) is 98.2 Å². The van der Waals surface area contributed by atoms with Crippen LogP contribution in [-0.4, -0.2) is 201 Å². The number of anilines is 2. The Kier molecular flexibility index (Phi) is 18.7. The molecule has 10 atom stereocenters. The van der Waals surface area contributed by atoms with Crippen LogP contribution in [0.15, 0.2) is 37.5 Å². The fourth-order valence-electron chi connectivity index (χ4n) is 8.02. The van der Waals surface area contributed by atoms with Gasteiger partial charge in [-0.05, 0) is 11.8 Å². The average molecular weight is 1120 g/mol. The summed E-state index contributed by atoms with van der Waals surface area (Å²) in [7, 11) is 1.54. The van der Waals surface area contributed by atoms with Crippen LogP contribution in [0.3, 0.4) is 0 Å². The minimum atomic E-state index is -4.40. The lowest BCUT2D eigenvalue weighted by Crippen LogP contribution is -2.36. The minimum Gasteiger partial charge on any atom is -0.447 e. The molecule has 4 amide bonds. The van der Waals surface area contributed by atoms with Gasteiger partial charge in [-0.25, -0.2) is 43.7 Å². The maximum absolute atomic E-state index is 16.6. The number of alkyl halides is 1. The van der Waals surface area contributed by atoms with Crippen molar-refractivity contribution in [3.63, 3.8) is 0 Å². The molecule has 404 valence electrons. The summed E-state index contributed by atoms with van der Waals surface area (Å²) in [6.07, 6.45) is -3.00. The van der Waals surface area contributed by atoms with Crippen molar-refractivity contribution in [2.75, 3.05) is 104 Å². The van der Waals surface area contributed by atoms with Gasteiger partial charge < -0.3 is 57.7 Å². The summed E-state index contributed by atoms with van der Waals surface area (Å²) in [5.74, 6) is -1.49. The second-order valence-electron chi connectivity index (χ2n) is 16.7. The van der Waals surface area contributed by atoms with E-state index in [1.807, 2.05) is 0 Å². The fraction of sp³-hybridized carbons (Fsp3) is 0.600. The number of thiol groups is 1. The Morgan fingerprint density at radius 1 is 0.838 bits per heavy atom. The topological polar surface area (TPSA) is 339 Å². The Labute approximate surface area is 430 Å². The molecule has 0 saturated carbocycles. The van der Waals surface area contributed by atoms with Gasteiger partial charge in [0.15, 0.2) is 40.8 Å². The third kappa shape index (κ3) is 13.6. The zero-order valence-electron chi connectivity index (χ0n) is 39.6. The summed E-state index contributed by atoms with van der Waals surface area (Å²) in [5, 5.41) is 2.47. The predicted octanol–water partition coefficient (Wildman–Crippen LogP) is 1.48. The molecule has 8 heterocycles.